The Kier molecular flexibility index (Phi) is 4.98. The van der Waals surface area contributed by atoms with Crippen molar-refractivity contribution in [2.24, 2.45) is 11.7 Å². The van der Waals surface area contributed by atoms with E-state index < -0.39 is 0 Å². The van der Waals surface area contributed by atoms with Crippen molar-refractivity contribution < 1.29 is 4.79 Å². The minimum atomic E-state index is -0.0661. The van der Waals surface area contributed by atoms with Crippen LogP contribution in [0.2, 0.25) is 0 Å². The van der Waals surface area contributed by atoms with Gasteiger partial charge in [0.2, 0.25) is 5.91 Å². The molecular formula is C11H20N4O. The van der Waals surface area contributed by atoms with Crippen molar-refractivity contribution in [2.75, 3.05) is 6.54 Å². The summed E-state index contributed by atoms with van der Waals surface area (Å²) in [6.07, 6.45) is 4.57. The topological polar surface area (TPSA) is 83.8 Å². The molecule has 0 aliphatic carbocycles. The molecule has 1 aromatic rings. The number of aromatic nitrogens is 2. The largest absolute Gasteiger partial charge is 0.356 e. The van der Waals surface area contributed by atoms with Crippen molar-refractivity contribution in [1.29, 1.82) is 0 Å². The molecule has 0 aliphatic heterocycles. The van der Waals surface area contributed by atoms with Crippen LogP contribution in [0.25, 0.3) is 0 Å². The molecule has 0 saturated heterocycles. The summed E-state index contributed by atoms with van der Waals surface area (Å²) in [5.74, 6) is 1.22. The van der Waals surface area contributed by atoms with E-state index in [0.717, 1.165) is 12.2 Å². The van der Waals surface area contributed by atoms with Crippen LogP contribution in [0.3, 0.4) is 0 Å². The Labute approximate surface area is 95.8 Å². The molecule has 1 unspecified atom stereocenters. The van der Waals surface area contributed by atoms with Gasteiger partial charge in [0.05, 0.1) is 0 Å². The van der Waals surface area contributed by atoms with Gasteiger partial charge < -0.3 is 16.0 Å². The van der Waals surface area contributed by atoms with Crippen molar-refractivity contribution in [3.8, 4) is 0 Å². The van der Waals surface area contributed by atoms with Gasteiger partial charge in [-0.1, -0.05) is 13.8 Å². The summed E-state index contributed by atoms with van der Waals surface area (Å²) < 4.78 is 0. The van der Waals surface area contributed by atoms with Crippen LogP contribution in [0.5, 0.6) is 0 Å². The van der Waals surface area contributed by atoms with Gasteiger partial charge in [-0.3, -0.25) is 4.79 Å². The Morgan fingerprint density at radius 1 is 1.62 bits per heavy atom. The Morgan fingerprint density at radius 3 is 2.94 bits per heavy atom. The molecule has 5 heteroatoms. The zero-order valence-electron chi connectivity index (χ0n) is 9.86. The standard InChI is InChI=1S/C11H20N4O/c1-8(2)9(12)7-11(16)15-4-3-10-13-5-6-14-10/h5-6,8-9H,3-4,7,12H2,1-2H3,(H,13,14)(H,15,16). The molecule has 0 aliphatic rings. The summed E-state index contributed by atoms with van der Waals surface area (Å²) in [6, 6.07) is -0.0661. The third-order valence-electron chi connectivity index (χ3n) is 2.52. The zero-order valence-corrected chi connectivity index (χ0v) is 9.86. The van der Waals surface area contributed by atoms with Crippen molar-refractivity contribution in [3.05, 3.63) is 18.2 Å². The molecule has 16 heavy (non-hydrogen) atoms. The molecule has 0 saturated carbocycles. The van der Waals surface area contributed by atoms with E-state index in [-0.39, 0.29) is 11.9 Å². The Bertz CT molecular complexity index is 308. The van der Waals surface area contributed by atoms with Gasteiger partial charge in [0.1, 0.15) is 5.82 Å². The number of nitrogens with zero attached hydrogens (tertiary/aromatic N) is 1. The predicted octanol–water partition coefficient (Wildman–Crippen LogP) is 0.442. The fraction of sp³-hybridized carbons (Fsp3) is 0.636. The highest BCUT2D eigenvalue weighted by Gasteiger charge is 2.12. The molecule has 4 N–H and O–H groups in total. The number of aromatic amines is 1. The summed E-state index contributed by atoms with van der Waals surface area (Å²) in [4.78, 5) is 18.5. The number of hydrogen-bond acceptors (Lipinski definition) is 3. The molecule has 0 bridgehead atoms. The second kappa shape index (κ2) is 6.27. The van der Waals surface area contributed by atoms with Crippen LogP contribution in [-0.2, 0) is 11.2 Å². The first-order chi connectivity index (χ1) is 7.59. The van der Waals surface area contributed by atoms with E-state index in [1.54, 1.807) is 12.4 Å². The summed E-state index contributed by atoms with van der Waals surface area (Å²) in [5.41, 5.74) is 5.80. The van der Waals surface area contributed by atoms with Gasteiger partial charge in [0.25, 0.3) is 0 Å². The van der Waals surface area contributed by atoms with Crippen LogP contribution in [0.15, 0.2) is 12.4 Å². The van der Waals surface area contributed by atoms with Crippen molar-refractivity contribution >= 4 is 5.91 Å². The molecule has 1 atom stereocenters. The maximum absolute atomic E-state index is 11.5. The van der Waals surface area contributed by atoms with E-state index in [4.69, 9.17) is 5.73 Å². The summed E-state index contributed by atoms with van der Waals surface area (Å²) in [5, 5.41) is 2.83. The zero-order chi connectivity index (χ0) is 12.0. The van der Waals surface area contributed by atoms with Gasteiger partial charge in [0.15, 0.2) is 0 Å². The molecule has 5 nitrogen and oxygen atoms in total. The number of nitrogens with one attached hydrogen (secondary N) is 2. The molecule has 0 radical (unpaired) electrons. The SMILES string of the molecule is CC(C)C(N)CC(=O)NCCc1ncc[nH]1. The number of hydrogen-bond donors (Lipinski definition) is 3. The lowest BCUT2D eigenvalue weighted by atomic mass is 10.0. The highest BCUT2D eigenvalue weighted by Crippen LogP contribution is 2.02. The maximum Gasteiger partial charge on any atom is 0.221 e. The third kappa shape index (κ3) is 4.44. The van der Waals surface area contributed by atoms with Crippen molar-refractivity contribution in [1.82, 2.24) is 15.3 Å². The quantitative estimate of drug-likeness (QED) is 0.655. The van der Waals surface area contributed by atoms with E-state index in [1.165, 1.54) is 0 Å². The van der Waals surface area contributed by atoms with Gasteiger partial charge in [-0.15, -0.1) is 0 Å². The molecule has 0 spiro atoms. The van der Waals surface area contributed by atoms with Crippen LogP contribution >= 0.6 is 0 Å². The number of H-pyrrole nitrogens is 1. The van der Waals surface area contributed by atoms with E-state index in [0.29, 0.717) is 18.9 Å². The molecule has 1 heterocycles. The normalized spacial score (nSPS) is 12.8. The number of rotatable bonds is 6. The molecule has 0 fully saturated rings. The van der Waals surface area contributed by atoms with E-state index in [1.807, 2.05) is 13.8 Å². The first-order valence-corrected chi connectivity index (χ1v) is 5.60. The first-order valence-electron chi connectivity index (χ1n) is 5.60. The maximum atomic E-state index is 11.5. The fourth-order valence-electron chi connectivity index (χ4n) is 1.28. The monoisotopic (exact) mass is 224 g/mol. The number of carbonyl (C=O) groups excluding carboxylic acids is 1. The smallest absolute Gasteiger partial charge is 0.221 e. The van der Waals surface area contributed by atoms with Crippen molar-refractivity contribution in [3.63, 3.8) is 0 Å². The first kappa shape index (κ1) is 12.7. The average Bonchev–Trinajstić information content (AvgIpc) is 2.70. The van der Waals surface area contributed by atoms with Gasteiger partial charge in [0, 0.05) is 37.8 Å². The average molecular weight is 224 g/mol. The lowest BCUT2D eigenvalue weighted by Crippen LogP contribution is -2.35. The second-order valence-electron chi connectivity index (χ2n) is 4.25. The molecular weight excluding hydrogens is 204 g/mol. The molecule has 0 aromatic carbocycles. The molecule has 90 valence electrons. The van der Waals surface area contributed by atoms with Crippen LogP contribution in [0.1, 0.15) is 26.1 Å². The van der Waals surface area contributed by atoms with Gasteiger partial charge in [-0.25, -0.2) is 4.98 Å². The van der Waals surface area contributed by atoms with E-state index in [2.05, 4.69) is 15.3 Å². The molecule has 1 aromatic heterocycles. The minimum Gasteiger partial charge on any atom is -0.356 e. The third-order valence-corrected chi connectivity index (χ3v) is 2.52. The predicted molar refractivity (Wildman–Crippen MR) is 62.7 cm³/mol. The summed E-state index contributed by atoms with van der Waals surface area (Å²) >= 11 is 0. The van der Waals surface area contributed by atoms with Crippen LogP contribution in [-0.4, -0.2) is 28.5 Å². The lowest BCUT2D eigenvalue weighted by Gasteiger charge is -2.14. The molecule has 1 amide bonds. The van der Waals surface area contributed by atoms with Crippen LogP contribution in [0.4, 0.5) is 0 Å². The highest BCUT2D eigenvalue weighted by atomic mass is 16.1. The second-order valence-corrected chi connectivity index (χ2v) is 4.25. The Balaban J connectivity index is 2.15. The Hall–Kier alpha value is -1.36. The van der Waals surface area contributed by atoms with E-state index in [9.17, 15) is 4.79 Å². The van der Waals surface area contributed by atoms with Gasteiger partial charge in [-0.05, 0) is 5.92 Å². The summed E-state index contributed by atoms with van der Waals surface area (Å²) in [7, 11) is 0. The lowest BCUT2D eigenvalue weighted by molar-refractivity contribution is -0.121. The summed E-state index contributed by atoms with van der Waals surface area (Å²) in [6.45, 7) is 4.62. The van der Waals surface area contributed by atoms with Crippen LogP contribution < -0.4 is 11.1 Å². The number of imidazole rings is 1. The van der Waals surface area contributed by atoms with Crippen LogP contribution in [0, 0.1) is 5.92 Å². The van der Waals surface area contributed by atoms with E-state index >= 15 is 0 Å². The Morgan fingerprint density at radius 2 is 2.38 bits per heavy atom. The number of nitrogens with two attached hydrogens (primary N) is 1. The highest BCUT2D eigenvalue weighted by molar-refractivity contribution is 5.76. The minimum absolute atomic E-state index is 0.00718. The van der Waals surface area contributed by atoms with Gasteiger partial charge in [-0.2, -0.15) is 0 Å². The fourth-order valence-corrected chi connectivity index (χ4v) is 1.28. The van der Waals surface area contributed by atoms with Gasteiger partial charge >= 0.3 is 0 Å². The number of carbonyl (C=O) groups is 1. The van der Waals surface area contributed by atoms with Crippen molar-refractivity contribution in [2.45, 2.75) is 32.7 Å². The molecule has 1 rings (SSSR count). The number of amides is 1.